The number of carbonyl (C=O) groups is 1. The number of aryl methyl sites for hydroxylation is 1. The quantitative estimate of drug-likeness (QED) is 0.722. The third kappa shape index (κ3) is 3.70. The van der Waals surface area contributed by atoms with E-state index in [1.165, 1.54) is 5.56 Å². The number of rotatable bonds is 5. The van der Waals surface area contributed by atoms with Gasteiger partial charge < -0.3 is 10.0 Å². The van der Waals surface area contributed by atoms with Crippen LogP contribution in [0.25, 0.3) is 0 Å². The van der Waals surface area contributed by atoms with Crippen molar-refractivity contribution in [2.75, 3.05) is 6.54 Å². The van der Waals surface area contributed by atoms with Gasteiger partial charge in [0.1, 0.15) is 12.6 Å². The maximum atomic E-state index is 12.9. The summed E-state index contributed by atoms with van der Waals surface area (Å²) in [4.78, 5) is 14.7. The van der Waals surface area contributed by atoms with E-state index in [1.807, 2.05) is 64.5 Å². The van der Waals surface area contributed by atoms with Gasteiger partial charge in [0.2, 0.25) is 5.91 Å². The predicted octanol–water partition coefficient (Wildman–Crippen LogP) is 2.38. The first-order valence-corrected chi connectivity index (χ1v) is 10.1. The number of aliphatic hydroxyl groups is 1. The molecule has 29 heavy (non-hydrogen) atoms. The summed E-state index contributed by atoms with van der Waals surface area (Å²) in [5.41, 5.74) is 5.65. The Morgan fingerprint density at radius 1 is 1.17 bits per heavy atom. The average molecular weight is 393 g/mol. The SMILES string of the molecule is CCc1c(C)nn(CC(=O)N2CCn3nc([C@H](O)c4ccccc4)cc3C2)c1C. The molecule has 2 aromatic heterocycles. The Morgan fingerprint density at radius 3 is 2.62 bits per heavy atom. The minimum absolute atomic E-state index is 0.0517. The van der Waals surface area contributed by atoms with Gasteiger partial charge in [-0.05, 0) is 37.5 Å². The average Bonchev–Trinajstić information content (AvgIpc) is 3.27. The fraction of sp³-hybridized carbons (Fsp3) is 0.409. The fourth-order valence-corrected chi connectivity index (χ4v) is 4.07. The molecule has 0 saturated carbocycles. The summed E-state index contributed by atoms with van der Waals surface area (Å²) < 4.78 is 3.71. The van der Waals surface area contributed by atoms with Gasteiger partial charge in [0, 0.05) is 12.2 Å². The van der Waals surface area contributed by atoms with Crippen molar-refractivity contribution in [3.63, 3.8) is 0 Å². The van der Waals surface area contributed by atoms with Crippen molar-refractivity contribution in [1.82, 2.24) is 24.5 Å². The molecule has 1 atom stereocenters. The number of hydrogen-bond acceptors (Lipinski definition) is 4. The van der Waals surface area contributed by atoms with Crippen LogP contribution in [0.2, 0.25) is 0 Å². The molecule has 1 N–H and O–H groups in total. The highest BCUT2D eigenvalue weighted by molar-refractivity contribution is 5.76. The Morgan fingerprint density at radius 2 is 1.93 bits per heavy atom. The van der Waals surface area contributed by atoms with Gasteiger partial charge in [0.25, 0.3) is 0 Å². The van der Waals surface area contributed by atoms with E-state index in [1.54, 1.807) is 0 Å². The van der Waals surface area contributed by atoms with Crippen LogP contribution < -0.4 is 0 Å². The van der Waals surface area contributed by atoms with Crippen molar-refractivity contribution in [2.24, 2.45) is 0 Å². The van der Waals surface area contributed by atoms with Crippen LogP contribution in [0, 0.1) is 13.8 Å². The highest BCUT2D eigenvalue weighted by Crippen LogP contribution is 2.24. The second-order valence-corrected chi connectivity index (χ2v) is 7.57. The number of aliphatic hydroxyl groups excluding tert-OH is 1. The lowest BCUT2D eigenvalue weighted by Gasteiger charge is -2.27. The second kappa shape index (κ2) is 7.83. The van der Waals surface area contributed by atoms with Crippen LogP contribution in [-0.2, 0) is 30.8 Å². The maximum Gasteiger partial charge on any atom is 0.244 e. The topological polar surface area (TPSA) is 76.2 Å². The normalized spacial score (nSPS) is 14.7. The van der Waals surface area contributed by atoms with Crippen molar-refractivity contribution in [2.45, 2.75) is 52.9 Å². The third-order valence-corrected chi connectivity index (χ3v) is 5.73. The summed E-state index contributed by atoms with van der Waals surface area (Å²) in [6, 6.07) is 11.4. The largest absolute Gasteiger partial charge is 0.382 e. The molecule has 7 heteroatoms. The Bertz CT molecular complexity index is 1020. The van der Waals surface area contributed by atoms with E-state index >= 15 is 0 Å². The first kappa shape index (κ1) is 19.4. The highest BCUT2D eigenvalue weighted by atomic mass is 16.3. The zero-order chi connectivity index (χ0) is 20.5. The number of nitrogens with zero attached hydrogens (tertiary/aromatic N) is 5. The first-order valence-electron chi connectivity index (χ1n) is 10.1. The molecular weight excluding hydrogens is 366 g/mol. The van der Waals surface area contributed by atoms with E-state index in [-0.39, 0.29) is 12.5 Å². The smallest absolute Gasteiger partial charge is 0.244 e. The zero-order valence-electron chi connectivity index (χ0n) is 17.2. The molecule has 3 aromatic rings. The molecule has 0 bridgehead atoms. The van der Waals surface area contributed by atoms with Gasteiger partial charge >= 0.3 is 0 Å². The summed E-state index contributed by atoms with van der Waals surface area (Å²) in [7, 11) is 0. The van der Waals surface area contributed by atoms with E-state index < -0.39 is 6.10 Å². The minimum Gasteiger partial charge on any atom is -0.382 e. The van der Waals surface area contributed by atoms with Gasteiger partial charge in [0.05, 0.1) is 30.2 Å². The van der Waals surface area contributed by atoms with Crippen molar-refractivity contribution in [1.29, 1.82) is 0 Å². The van der Waals surface area contributed by atoms with Crippen molar-refractivity contribution in [3.05, 3.63) is 70.3 Å². The van der Waals surface area contributed by atoms with E-state index in [2.05, 4.69) is 17.1 Å². The van der Waals surface area contributed by atoms with Crippen LogP contribution >= 0.6 is 0 Å². The van der Waals surface area contributed by atoms with Crippen molar-refractivity contribution in [3.8, 4) is 0 Å². The Balaban J connectivity index is 1.47. The van der Waals surface area contributed by atoms with Gasteiger partial charge in [-0.15, -0.1) is 0 Å². The number of hydrogen-bond donors (Lipinski definition) is 1. The van der Waals surface area contributed by atoms with Crippen LogP contribution in [-0.4, -0.2) is 42.0 Å². The first-order chi connectivity index (χ1) is 14.0. The van der Waals surface area contributed by atoms with Gasteiger partial charge in [0.15, 0.2) is 0 Å². The summed E-state index contributed by atoms with van der Waals surface area (Å²) in [6.07, 6.45) is 0.155. The third-order valence-electron chi connectivity index (χ3n) is 5.73. The molecule has 1 aromatic carbocycles. The van der Waals surface area contributed by atoms with Gasteiger partial charge in [-0.1, -0.05) is 37.3 Å². The minimum atomic E-state index is -0.763. The van der Waals surface area contributed by atoms with Crippen molar-refractivity contribution >= 4 is 5.91 Å². The molecule has 0 fully saturated rings. The Kier molecular flexibility index (Phi) is 5.24. The Labute approximate surface area is 170 Å². The highest BCUT2D eigenvalue weighted by Gasteiger charge is 2.25. The lowest BCUT2D eigenvalue weighted by Crippen LogP contribution is -2.40. The number of amides is 1. The molecule has 1 amide bonds. The molecule has 0 saturated heterocycles. The molecule has 1 aliphatic heterocycles. The van der Waals surface area contributed by atoms with Crippen LogP contribution in [0.4, 0.5) is 0 Å². The summed E-state index contributed by atoms with van der Waals surface area (Å²) >= 11 is 0. The molecule has 7 nitrogen and oxygen atoms in total. The monoisotopic (exact) mass is 393 g/mol. The van der Waals surface area contributed by atoms with Gasteiger partial charge in [-0.3, -0.25) is 14.2 Å². The molecule has 3 heterocycles. The van der Waals surface area contributed by atoms with Crippen LogP contribution in [0.15, 0.2) is 36.4 Å². The fourth-order valence-electron chi connectivity index (χ4n) is 4.07. The number of aromatic nitrogens is 4. The van der Waals surface area contributed by atoms with E-state index in [0.29, 0.717) is 25.3 Å². The number of fused-ring (bicyclic) bond motifs is 1. The van der Waals surface area contributed by atoms with Crippen molar-refractivity contribution < 1.29 is 9.90 Å². The summed E-state index contributed by atoms with van der Waals surface area (Å²) in [5.74, 6) is 0.0517. The van der Waals surface area contributed by atoms with Crippen LogP contribution in [0.5, 0.6) is 0 Å². The molecule has 0 spiro atoms. The standard InChI is InChI=1S/C22H27N5O2/c1-4-19-15(2)23-27(16(19)3)14-21(28)25-10-11-26-18(13-25)12-20(24-26)22(29)17-8-6-5-7-9-17/h5-9,12,22,29H,4,10-11,13-14H2,1-3H3/t22-/m1/s1. The maximum absolute atomic E-state index is 12.9. The Hall–Kier alpha value is -2.93. The lowest BCUT2D eigenvalue weighted by molar-refractivity contribution is -0.133. The van der Waals surface area contributed by atoms with E-state index in [4.69, 9.17) is 0 Å². The molecule has 0 radical (unpaired) electrons. The number of benzene rings is 1. The zero-order valence-corrected chi connectivity index (χ0v) is 17.2. The van der Waals surface area contributed by atoms with Gasteiger partial charge in [-0.25, -0.2) is 0 Å². The summed E-state index contributed by atoms with van der Waals surface area (Å²) in [5, 5.41) is 19.7. The molecule has 152 valence electrons. The number of carbonyl (C=O) groups excluding carboxylic acids is 1. The predicted molar refractivity (Wildman–Crippen MR) is 109 cm³/mol. The molecule has 4 rings (SSSR count). The second-order valence-electron chi connectivity index (χ2n) is 7.57. The van der Waals surface area contributed by atoms with E-state index in [0.717, 1.165) is 29.1 Å². The summed E-state index contributed by atoms with van der Waals surface area (Å²) in [6.45, 7) is 8.10. The van der Waals surface area contributed by atoms with Gasteiger partial charge in [-0.2, -0.15) is 10.2 Å². The molecule has 1 aliphatic rings. The lowest BCUT2D eigenvalue weighted by atomic mass is 10.1. The molecular formula is C22H27N5O2. The van der Waals surface area contributed by atoms with Crippen LogP contribution in [0.3, 0.4) is 0 Å². The molecule has 0 unspecified atom stereocenters. The molecule has 0 aliphatic carbocycles. The van der Waals surface area contributed by atoms with E-state index in [9.17, 15) is 9.90 Å². The van der Waals surface area contributed by atoms with Crippen LogP contribution in [0.1, 0.15) is 46.9 Å².